The lowest BCUT2D eigenvalue weighted by Gasteiger charge is -2.36. The molecule has 0 aliphatic carbocycles. The maximum absolute atomic E-state index is 12.7. The predicted octanol–water partition coefficient (Wildman–Crippen LogP) is 5.31. The van der Waals surface area contributed by atoms with E-state index in [0.717, 1.165) is 17.8 Å². The van der Waals surface area contributed by atoms with Gasteiger partial charge in [-0.15, -0.1) is 0 Å². The summed E-state index contributed by atoms with van der Waals surface area (Å²) in [5.41, 5.74) is 2.26. The summed E-state index contributed by atoms with van der Waals surface area (Å²) in [6.07, 6.45) is 3.38. The number of nitrogens with zero attached hydrogens (tertiary/aromatic N) is 2. The molecule has 154 valence electrons. The average Bonchev–Trinajstić information content (AvgIpc) is 2.67. The molecule has 0 saturated heterocycles. The third-order valence-corrected chi connectivity index (χ3v) is 10.3. The van der Waals surface area contributed by atoms with Gasteiger partial charge in [0.25, 0.3) is 0 Å². The van der Waals surface area contributed by atoms with Crippen LogP contribution in [0, 0.1) is 0 Å². The van der Waals surface area contributed by atoms with Crippen LogP contribution in [-0.4, -0.2) is 33.5 Å². The highest BCUT2D eigenvalue weighted by Crippen LogP contribution is 2.36. The molecule has 0 radical (unpaired) electrons. The maximum Gasteiger partial charge on any atom is 0.193 e. The van der Waals surface area contributed by atoms with Crippen LogP contribution in [0.3, 0.4) is 0 Å². The number of aromatic nitrogens is 1. The standard InChI is InChI=1S/C23H30N2O3Si/c1-23(2,3)29(5,6)27-15-14-25(4)19-9-7-8-18-20(26)16-21(28-22(18)19)17-10-12-24-13-11-17/h7-13,16H,14-15H2,1-6H3. The number of para-hydroxylation sites is 1. The summed E-state index contributed by atoms with van der Waals surface area (Å²) in [5, 5.41) is 0.759. The van der Waals surface area contributed by atoms with E-state index in [2.05, 4.69) is 43.7 Å². The Hall–Kier alpha value is -2.44. The van der Waals surface area contributed by atoms with Gasteiger partial charge in [-0.05, 0) is 42.4 Å². The summed E-state index contributed by atoms with van der Waals surface area (Å²) < 4.78 is 12.5. The van der Waals surface area contributed by atoms with Crippen LogP contribution in [0.4, 0.5) is 5.69 Å². The molecule has 2 heterocycles. The van der Waals surface area contributed by atoms with Crippen molar-refractivity contribution in [2.45, 2.75) is 38.9 Å². The van der Waals surface area contributed by atoms with Gasteiger partial charge in [0, 0.05) is 37.6 Å². The summed E-state index contributed by atoms with van der Waals surface area (Å²) in [5.74, 6) is 0.545. The van der Waals surface area contributed by atoms with E-state index in [-0.39, 0.29) is 10.5 Å². The quantitative estimate of drug-likeness (QED) is 0.515. The third-order valence-electron chi connectivity index (χ3n) is 5.81. The Kier molecular flexibility index (Phi) is 5.96. The second-order valence-electron chi connectivity index (χ2n) is 8.89. The molecule has 6 heteroatoms. The third kappa shape index (κ3) is 4.59. The molecule has 5 nitrogen and oxygen atoms in total. The van der Waals surface area contributed by atoms with E-state index in [0.29, 0.717) is 23.3 Å². The molecule has 0 saturated carbocycles. The van der Waals surface area contributed by atoms with Gasteiger partial charge in [0.1, 0.15) is 5.76 Å². The van der Waals surface area contributed by atoms with Crippen LogP contribution in [0.15, 0.2) is 58.0 Å². The second-order valence-corrected chi connectivity index (χ2v) is 13.7. The van der Waals surface area contributed by atoms with Gasteiger partial charge in [-0.1, -0.05) is 26.8 Å². The van der Waals surface area contributed by atoms with Gasteiger partial charge < -0.3 is 13.7 Å². The molecule has 0 amide bonds. The molecule has 1 aromatic carbocycles. The molecule has 0 spiro atoms. The summed E-state index contributed by atoms with van der Waals surface area (Å²) in [6, 6.07) is 10.9. The van der Waals surface area contributed by atoms with Crippen LogP contribution in [0.1, 0.15) is 20.8 Å². The average molecular weight is 411 g/mol. The van der Waals surface area contributed by atoms with Gasteiger partial charge >= 0.3 is 0 Å². The Morgan fingerprint density at radius 1 is 1.14 bits per heavy atom. The highest BCUT2D eigenvalue weighted by molar-refractivity contribution is 6.74. The minimum absolute atomic E-state index is 0.0502. The summed E-state index contributed by atoms with van der Waals surface area (Å²) in [4.78, 5) is 18.8. The first kappa shape index (κ1) is 21.3. The van der Waals surface area contributed by atoms with E-state index in [1.54, 1.807) is 24.5 Å². The number of likely N-dealkylation sites (N-methyl/N-ethyl adjacent to an activating group) is 1. The smallest absolute Gasteiger partial charge is 0.193 e. The van der Waals surface area contributed by atoms with Crippen molar-refractivity contribution < 1.29 is 8.84 Å². The molecule has 29 heavy (non-hydrogen) atoms. The van der Waals surface area contributed by atoms with Crippen molar-refractivity contribution in [2.75, 3.05) is 25.1 Å². The lowest BCUT2D eigenvalue weighted by Crippen LogP contribution is -2.42. The molecule has 0 atom stereocenters. The minimum Gasteiger partial charge on any atom is -0.454 e. The Morgan fingerprint density at radius 3 is 2.48 bits per heavy atom. The zero-order valence-electron chi connectivity index (χ0n) is 18.2. The van der Waals surface area contributed by atoms with E-state index in [1.807, 2.05) is 31.3 Å². The van der Waals surface area contributed by atoms with Gasteiger partial charge in [-0.25, -0.2) is 0 Å². The Morgan fingerprint density at radius 2 is 1.83 bits per heavy atom. The van der Waals surface area contributed by atoms with Crippen molar-refractivity contribution in [3.63, 3.8) is 0 Å². The van der Waals surface area contributed by atoms with Gasteiger partial charge in [0.15, 0.2) is 19.3 Å². The predicted molar refractivity (Wildman–Crippen MR) is 122 cm³/mol. The van der Waals surface area contributed by atoms with Crippen molar-refractivity contribution in [1.82, 2.24) is 4.98 Å². The van der Waals surface area contributed by atoms with Crippen molar-refractivity contribution in [3.05, 3.63) is 59.0 Å². The Balaban J connectivity index is 1.89. The number of benzene rings is 1. The molecule has 0 aliphatic rings. The Bertz CT molecular complexity index is 1040. The van der Waals surface area contributed by atoms with E-state index in [4.69, 9.17) is 8.84 Å². The normalized spacial score (nSPS) is 12.3. The van der Waals surface area contributed by atoms with Gasteiger partial charge in [-0.2, -0.15) is 0 Å². The van der Waals surface area contributed by atoms with Crippen LogP contribution in [-0.2, 0) is 4.43 Å². The van der Waals surface area contributed by atoms with E-state index in [1.165, 1.54) is 0 Å². The van der Waals surface area contributed by atoms with Crippen LogP contribution < -0.4 is 10.3 Å². The van der Waals surface area contributed by atoms with Gasteiger partial charge in [-0.3, -0.25) is 9.78 Å². The number of rotatable bonds is 6. The fraction of sp³-hybridized carbons (Fsp3) is 0.391. The topological polar surface area (TPSA) is 55.6 Å². The van der Waals surface area contributed by atoms with Crippen LogP contribution in [0.5, 0.6) is 0 Å². The van der Waals surface area contributed by atoms with E-state index < -0.39 is 8.32 Å². The first-order chi connectivity index (χ1) is 13.6. The van der Waals surface area contributed by atoms with Crippen molar-refractivity contribution in [3.8, 4) is 11.3 Å². The lowest BCUT2D eigenvalue weighted by atomic mass is 10.1. The fourth-order valence-corrected chi connectivity index (χ4v) is 3.93. The first-order valence-electron chi connectivity index (χ1n) is 9.92. The minimum atomic E-state index is -1.79. The van der Waals surface area contributed by atoms with Crippen molar-refractivity contribution >= 4 is 25.0 Å². The SMILES string of the molecule is CN(CCO[Si](C)(C)C(C)(C)C)c1cccc2c(=O)cc(-c3ccncc3)oc12. The lowest BCUT2D eigenvalue weighted by molar-refractivity contribution is 0.296. The molecular weight excluding hydrogens is 380 g/mol. The fourth-order valence-electron chi connectivity index (χ4n) is 2.90. The number of hydrogen-bond donors (Lipinski definition) is 0. The van der Waals surface area contributed by atoms with Crippen LogP contribution >= 0.6 is 0 Å². The zero-order chi connectivity index (χ0) is 21.2. The van der Waals surface area contributed by atoms with E-state index in [9.17, 15) is 4.79 Å². The molecular formula is C23H30N2O3Si. The largest absolute Gasteiger partial charge is 0.454 e. The molecule has 0 fully saturated rings. The highest BCUT2D eigenvalue weighted by Gasteiger charge is 2.36. The number of hydrogen-bond acceptors (Lipinski definition) is 5. The molecule has 0 unspecified atom stereocenters. The summed E-state index contributed by atoms with van der Waals surface area (Å²) >= 11 is 0. The molecule has 0 bridgehead atoms. The monoisotopic (exact) mass is 410 g/mol. The maximum atomic E-state index is 12.7. The van der Waals surface area contributed by atoms with Crippen LogP contribution in [0.2, 0.25) is 18.1 Å². The summed E-state index contributed by atoms with van der Waals surface area (Å²) in [7, 11) is 0.208. The number of anilines is 1. The van der Waals surface area contributed by atoms with Gasteiger partial charge in [0.2, 0.25) is 0 Å². The molecule has 3 rings (SSSR count). The summed E-state index contributed by atoms with van der Waals surface area (Å²) in [6.45, 7) is 12.6. The Labute approximate surface area is 173 Å². The number of pyridine rings is 1. The number of fused-ring (bicyclic) bond motifs is 1. The van der Waals surface area contributed by atoms with Gasteiger partial charge in [0.05, 0.1) is 17.7 Å². The first-order valence-corrected chi connectivity index (χ1v) is 12.8. The molecule has 2 aromatic heterocycles. The second kappa shape index (κ2) is 8.12. The molecule has 3 aromatic rings. The molecule has 0 N–H and O–H groups in total. The van der Waals surface area contributed by atoms with E-state index >= 15 is 0 Å². The van der Waals surface area contributed by atoms with Crippen molar-refractivity contribution in [1.29, 1.82) is 0 Å². The van der Waals surface area contributed by atoms with Crippen LogP contribution in [0.25, 0.3) is 22.3 Å². The molecule has 0 aliphatic heterocycles. The zero-order valence-corrected chi connectivity index (χ0v) is 19.2. The highest BCUT2D eigenvalue weighted by atomic mass is 28.4. The van der Waals surface area contributed by atoms with Crippen molar-refractivity contribution in [2.24, 2.45) is 0 Å².